The monoisotopic (exact) mass is 539 g/mol. The fourth-order valence-corrected chi connectivity index (χ4v) is 5.01. The number of nitrogens with two attached hydrogens (primary N) is 1. The van der Waals surface area contributed by atoms with Crippen molar-refractivity contribution in [3.05, 3.63) is 71.7 Å². The van der Waals surface area contributed by atoms with Crippen molar-refractivity contribution in [1.29, 1.82) is 0 Å². The van der Waals surface area contributed by atoms with Gasteiger partial charge in [-0.1, -0.05) is 11.8 Å². The highest BCUT2D eigenvalue weighted by atomic mass is 32.3. The van der Waals surface area contributed by atoms with Crippen molar-refractivity contribution < 1.29 is 31.1 Å². The van der Waals surface area contributed by atoms with Gasteiger partial charge in [0.05, 0.1) is 12.4 Å². The molecule has 0 spiro atoms. The van der Waals surface area contributed by atoms with E-state index < -0.39 is 37.9 Å². The Hall–Kier alpha value is -3.52. The maximum absolute atomic E-state index is 14.6. The second-order valence-corrected chi connectivity index (χ2v) is 12.0. The number of rotatable bonds is 9. The number of sulfone groups is 1. The lowest BCUT2D eigenvalue weighted by Gasteiger charge is -2.27. The summed E-state index contributed by atoms with van der Waals surface area (Å²) in [6.07, 6.45) is 4.72. The standard InChI is InChI=1S/C22H23F2N5O5S2/c1-22(36(3,31)32,35-21(25)26-2)10-13-8-14(9-16(23)19(13)24)29-20(30)17-5-4-15(11-28-17)34-12-18-27-6-7-33-18/h4-9,11H,10,12H2,1-3H3,(H2,25,26)(H,29,30)/t22-/m0/s1. The average Bonchev–Trinajstić information content (AvgIpc) is 3.34. The fraction of sp³-hybridized carbons (Fsp3) is 0.273. The van der Waals surface area contributed by atoms with E-state index >= 15 is 0 Å². The Kier molecular flexibility index (Phi) is 8.30. The van der Waals surface area contributed by atoms with E-state index in [9.17, 15) is 22.0 Å². The number of ether oxygens (including phenoxy) is 1. The number of thioether (sulfide) groups is 1. The van der Waals surface area contributed by atoms with Crippen molar-refractivity contribution in [2.75, 3.05) is 18.6 Å². The zero-order valence-electron chi connectivity index (χ0n) is 19.5. The maximum Gasteiger partial charge on any atom is 0.274 e. The molecule has 0 aliphatic heterocycles. The number of nitrogens with zero attached hydrogens (tertiary/aromatic N) is 3. The first-order chi connectivity index (χ1) is 16.9. The molecule has 1 atom stereocenters. The number of carbonyl (C=O) groups excluding carboxylic acids is 1. The summed E-state index contributed by atoms with van der Waals surface area (Å²) in [6, 6.07) is 4.83. The van der Waals surface area contributed by atoms with Crippen LogP contribution in [0, 0.1) is 11.6 Å². The van der Waals surface area contributed by atoms with Crippen LogP contribution in [0.3, 0.4) is 0 Å². The average molecular weight is 540 g/mol. The zero-order chi connectivity index (χ0) is 26.5. The number of anilines is 1. The Morgan fingerprint density at radius 3 is 2.64 bits per heavy atom. The lowest BCUT2D eigenvalue weighted by molar-refractivity contribution is 0.102. The molecular formula is C22H23F2N5O5S2. The second-order valence-electron chi connectivity index (χ2n) is 7.73. The predicted molar refractivity (Wildman–Crippen MR) is 131 cm³/mol. The van der Waals surface area contributed by atoms with E-state index in [1.807, 2.05) is 0 Å². The molecule has 192 valence electrons. The first-order valence-electron chi connectivity index (χ1n) is 10.3. The number of carbonyl (C=O) groups is 1. The van der Waals surface area contributed by atoms with E-state index in [0.29, 0.717) is 23.4 Å². The van der Waals surface area contributed by atoms with Crippen molar-refractivity contribution in [3.8, 4) is 5.75 Å². The summed E-state index contributed by atoms with van der Waals surface area (Å²) >= 11 is 0.716. The highest BCUT2D eigenvalue weighted by Gasteiger charge is 2.39. The zero-order valence-corrected chi connectivity index (χ0v) is 21.1. The summed E-state index contributed by atoms with van der Waals surface area (Å²) in [4.78, 5) is 24.3. The number of halogens is 2. The summed E-state index contributed by atoms with van der Waals surface area (Å²) in [5.74, 6) is -2.48. The lowest BCUT2D eigenvalue weighted by atomic mass is 10.1. The van der Waals surface area contributed by atoms with Gasteiger partial charge >= 0.3 is 0 Å². The molecule has 0 fully saturated rings. The molecule has 3 aromatic rings. The van der Waals surface area contributed by atoms with Crippen molar-refractivity contribution in [3.63, 3.8) is 0 Å². The van der Waals surface area contributed by atoms with Crippen LogP contribution in [0.2, 0.25) is 0 Å². The normalized spacial score (nSPS) is 13.8. The fourth-order valence-electron chi connectivity index (χ4n) is 2.97. The van der Waals surface area contributed by atoms with E-state index in [4.69, 9.17) is 14.9 Å². The van der Waals surface area contributed by atoms with Gasteiger partial charge in [0.25, 0.3) is 5.91 Å². The number of amidine groups is 1. The van der Waals surface area contributed by atoms with Crippen molar-refractivity contribution in [2.45, 2.75) is 24.0 Å². The molecule has 14 heteroatoms. The molecule has 0 bridgehead atoms. The largest absolute Gasteiger partial charge is 0.482 e. The quantitative estimate of drug-likeness (QED) is 0.309. The number of amides is 1. The first-order valence-corrected chi connectivity index (χ1v) is 13.0. The third kappa shape index (κ3) is 6.57. The molecule has 0 saturated carbocycles. The molecular weight excluding hydrogens is 516 g/mol. The van der Waals surface area contributed by atoms with Crippen LogP contribution in [-0.2, 0) is 22.9 Å². The summed E-state index contributed by atoms with van der Waals surface area (Å²) in [5, 5.41) is 2.40. The smallest absolute Gasteiger partial charge is 0.274 e. The third-order valence-electron chi connectivity index (χ3n) is 5.01. The van der Waals surface area contributed by atoms with Gasteiger partial charge in [-0.3, -0.25) is 9.79 Å². The lowest BCUT2D eigenvalue weighted by Crippen LogP contribution is -2.36. The minimum Gasteiger partial charge on any atom is -0.482 e. The minimum atomic E-state index is -3.81. The Bertz CT molecular complexity index is 1370. The Morgan fingerprint density at radius 1 is 1.31 bits per heavy atom. The van der Waals surface area contributed by atoms with Gasteiger partial charge in [0.15, 0.2) is 33.2 Å². The highest BCUT2D eigenvalue weighted by molar-refractivity contribution is 8.23. The minimum absolute atomic E-state index is 0.0202. The number of aliphatic imine (C=N–C) groups is 1. The topological polar surface area (TPSA) is 150 Å². The molecule has 10 nitrogen and oxygen atoms in total. The number of pyridine rings is 1. The van der Waals surface area contributed by atoms with E-state index in [1.165, 1.54) is 44.8 Å². The van der Waals surface area contributed by atoms with Crippen molar-refractivity contribution >= 4 is 38.4 Å². The third-order valence-corrected chi connectivity index (χ3v) is 8.85. The van der Waals surface area contributed by atoms with Crippen LogP contribution < -0.4 is 15.8 Å². The predicted octanol–water partition coefficient (Wildman–Crippen LogP) is 3.16. The summed E-state index contributed by atoms with van der Waals surface area (Å²) in [5.41, 5.74) is 5.32. The number of oxazole rings is 1. The molecule has 0 unspecified atom stereocenters. The molecule has 1 aromatic carbocycles. The van der Waals surface area contributed by atoms with Crippen LogP contribution in [0.1, 0.15) is 28.9 Å². The van der Waals surface area contributed by atoms with Gasteiger partial charge in [-0.2, -0.15) is 0 Å². The molecule has 0 aliphatic carbocycles. The number of hydrogen-bond acceptors (Lipinski definition) is 9. The molecule has 0 aliphatic rings. The molecule has 2 heterocycles. The van der Waals surface area contributed by atoms with Crippen LogP contribution in [0.4, 0.5) is 14.5 Å². The number of hydrogen-bond donors (Lipinski definition) is 2. The number of aromatic nitrogens is 2. The second kappa shape index (κ2) is 11.0. The van der Waals surface area contributed by atoms with Gasteiger partial charge in [0.2, 0.25) is 5.89 Å². The Balaban J connectivity index is 1.78. The van der Waals surface area contributed by atoms with E-state index in [-0.39, 0.29) is 28.7 Å². The van der Waals surface area contributed by atoms with Crippen LogP contribution in [0.25, 0.3) is 0 Å². The van der Waals surface area contributed by atoms with E-state index in [1.54, 1.807) is 0 Å². The van der Waals surface area contributed by atoms with Crippen molar-refractivity contribution in [2.24, 2.45) is 10.7 Å². The molecule has 3 rings (SSSR count). The molecule has 36 heavy (non-hydrogen) atoms. The summed E-state index contributed by atoms with van der Waals surface area (Å²) in [7, 11) is -2.43. The van der Waals surface area contributed by atoms with Gasteiger partial charge in [-0.25, -0.2) is 27.2 Å². The highest BCUT2D eigenvalue weighted by Crippen LogP contribution is 2.36. The van der Waals surface area contributed by atoms with Gasteiger partial charge in [-0.05, 0) is 30.7 Å². The Labute approximate surface area is 210 Å². The van der Waals surface area contributed by atoms with Gasteiger partial charge in [-0.15, -0.1) is 0 Å². The summed E-state index contributed by atoms with van der Waals surface area (Å²) < 4.78 is 62.7. The molecule has 2 aromatic heterocycles. The van der Waals surface area contributed by atoms with Crippen LogP contribution >= 0.6 is 11.8 Å². The number of benzene rings is 1. The molecule has 0 radical (unpaired) electrons. The van der Waals surface area contributed by atoms with Crippen molar-refractivity contribution in [1.82, 2.24) is 9.97 Å². The SMILES string of the molecule is CN=C(N)S[C@](C)(Cc1cc(NC(=O)c2ccc(OCc3ncco3)cn2)cc(F)c1F)S(C)(=O)=O. The Morgan fingerprint density at radius 2 is 2.06 bits per heavy atom. The first kappa shape index (κ1) is 27.1. The summed E-state index contributed by atoms with van der Waals surface area (Å²) in [6.45, 7) is 1.40. The number of nitrogens with one attached hydrogen (secondary N) is 1. The van der Waals surface area contributed by atoms with Gasteiger partial charge in [0, 0.05) is 31.5 Å². The van der Waals surface area contributed by atoms with Crippen LogP contribution in [0.15, 0.2) is 52.3 Å². The van der Waals surface area contributed by atoms with E-state index in [2.05, 4.69) is 20.3 Å². The van der Waals surface area contributed by atoms with Gasteiger partial charge in [0.1, 0.15) is 21.8 Å². The van der Waals surface area contributed by atoms with Crippen LogP contribution in [-0.4, -0.2) is 46.8 Å². The van der Waals surface area contributed by atoms with Gasteiger partial charge < -0.3 is 20.2 Å². The molecule has 3 N–H and O–H groups in total. The molecule has 0 saturated heterocycles. The van der Waals surface area contributed by atoms with E-state index in [0.717, 1.165) is 18.4 Å². The molecule has 1 amide bonds. The van der Waals surface area contributed by atoms with Crippen LogP contribution in [0.5, 0.6) is 5.75 Å². The maximum atomic E-state index is 14.6.